The van der Waals surface area contributed by atoms with Crippen molar-refractivity contribution in [2.24, 2.45) is 5.92 Å². The van der Waals surface area contributed by atoms with E-state index in [0.717, 1.165) is 31.6 Å². The molecule has 154 valence electrons. The van der Waals surface area contributed by atoms with Crippen LogP contribution in [-0.2, 0) is 11.3 Å². The van der Waals surface area contributed by atoms with Gasteiger partial charge in [0.05, 0.1) is 18.8 Å². The summed E-state index contributed by atoms with van der Waals surface area (Å²) in [6, 6.07) is 11.0. The number of carbonyl (C=O) groups is 2. The smallest absolute Gasteiger partial charge is 0.269 e. The van der Waals surface area contributed by atoms with Gasteiger partial charge in [-0.3, -0.25) is 14.5 Å². The lowest BCUT2D eigenvalue weighted by Gasteiger charge is -2.31. The van der Waals surface area contributed by atoms with Gasteiger partial charge in [-0.25, -0.2) is 9.37 Å². The first kappa shape index (κ1) is 21.1. The molecule has 0 spiro atoms. The number of likely N-dealkylation sites (tertiary alicyclic amines) is 1. The Morgan fingerprint density at radius 1 is 1.17 bits per heavy atom. The third-order valence-electron chi connectivity index (χ3n) is 5.12. The lowest BCUT2D eigenvalue weighted by molar-refractivity contribution is 0.0886. The highest BCUT2D eigenvalue weighted by Gasteiger charge is 2.22. The third-order valence-corrected chi connectivity index (χ3v) is 5.12. The summed E-state index contributed by atoms with van der Waals surface area (Å²) in [5.41, 5.74) is 1.64. The maximum absolute atomic E-state index is 13.0. The quantitative estimate of drug-likeness (QED) is 0.691. The van der Waals surface area contributed by atoms with Gasteiger partial charge < -0.3 is 10.1 Å². The number of nitrogens with zero attached hydrogens (tertiary/aromatic N) is 2. The Balaban J connectivity index is 1.41. The van der Waals surface area contributed by atoms with E-state index in [0.29, 0.717) is 36.9 Å². The van der Waals surface area contributed by atoms with Gasteiger partial charge in [-0.05, 0) is 68.2 Å². The molecule has 1 aliphatic heterocycles. The summed E-state index contributed by atoms with van der Waals surface area (Å²) < 4.78 is 18.0. The number of carbonyl (C=O) groups excluding carboxylic acids is 2. The summed E-state index contributed by atoms with van der Waals surface area (Å²) in [7, 11) is 1.59. The number of Topliss-reactive ketones (excluding diaryl/α,β-unsaturated/α-hetero) is 1. The highest BCUT2D eigenvalue weighted by molar-refractivity contribution is 5.97. The first-order valence-electron chi connectivity index (χ1n) is 9.79. The lowest BCUT2D eigenvalue weighted by atomic mass is 9.96. The molecule has 0 atom stereocenters. The molecule has 1 saturated heterocycles. The van der Waals surface area contributed by atoms with E-state index in [9.17, 15) is 14.0 Å². The second kappa shape index (κ2) is 10.2. The average molecular weight is 399 g/mol. The number of ketones is 1. The minimum absolute atomic E-state index is 0.00114. The third kappa shape index (κ3) is 6.17. The molecule has 6 nitrogen and oxygen atoms in total. The van der Waals surface area contributed by atoms with Crippen molar-refractivity contribution in [3.63, 3.8) is 0 Å². The van der Waals surface area contributed by atoms with Gasteiger partial charge in [0.15, 0.2) is 5.78 Å². The van der Waals surface area contributed by atoms with E-state index in [1.54, 1.807) is 19.2 Å². The van der Waals surface area contributed by atoms with Gasteiger partial charge in [0.25, 0.3) is 5.91 Å². The van der Waals surface area contributed by atoms with Crippen LogP contribution in [0, 0.1) is 11.7 Å². The maximum atomic E-state index is 13.0. The van der Waals surface area contributed by atoms with Crippen molar-refractivity contribution in [2.45, 2.75) is 19.4 Å². The summed E-state index contributed by atoms with van der Waals surface area (Å²) in [5, 5.41) is 2.96. The van der Waals surface area contributed by atoms with Gasteiger partial charge in [0, 0.05) is 19.2 Å². The number of pyridine rings is 1. The highest BCUT2D eigenvalue weighted by atomic mass is 19.1. The number of amides is 1. The summed E-state index contributed by atoms with van der Waals surface area (Å²) in [4.78, 5) is 31.1. The average Bonchev–Trinajstić information content (AvgIpc) is 2.74. The summed E-state index contributed by atoms with van der Waals surface area (Å²) in [6.07, 6.45) is 1.82. The van der Waals surface area contributed by atoms with Gasteiger partial charge in [-0.15, -0.1) is 0 Å². The molecule has 3 rings (SSSR count). The molecule has 2 heterocycles. The van der Waals surface area contributed by atoms with Crippen molar-refractivity contribution in [3.8, 4) is 0 Å². The van der Waals surface area contributed by atoms with E-state index in [1.165, 1.54) is 24.3 Å². The molecule has 1 aromatic carbocycles. The number of rotatable bonds is 8. The van der Waals surface area contributed by atoms with Crippen LogP contribution in [0.4, 0.5) is 4.39 Å². The Hall–Kier alpha value is -2.64. The molecule has 0 radical (unpaired) electrons. The monoisotopic (exact) mass is 399 g/mol. The first-order chi connectivity index (χ1) is 14.0. The fourth-order valence-corrected chi connectivity index (χ4v) is 3.44. The second-order valence-corrected chi connectivity index (χ2v) is 7.31. The molecule has 1 fully saturated rings. The molecule has 1 N–H and O–H groups in total. The van der Waals surface area contributed by atoms with Crippen molar-refractivity contribution < 1.29 is 18.7 Å². The van der Waals surface area contributed by atoms with Gasteiger partial charge in [0.1, 0.15) is 11.5 Å². The van der Waals surface area contributed by atoms with Crippen molar-refractivity contribution in [3.05, 3.63) is 65.2 Å². The molecule has 29 heavy (non-hydrogen) atoms. The molecule has 1 amide bonds. The normalized spacial score (nSPS) is 15.2. The highest BCUT2D eigenvalue weighted by Crippen LogP contribution is 2.17. The summed E-state index contributed by atoms with van der Waals surface area (Å²) in [6.45, 7) is 2.90. The Kier molecular flexibility index (Phi) is 7.43. The zero-order valence-electron chi connectivity index (χ0n) is 16.6. The largest absolute Gasteiger partial charge is 0.378 e. The van der Waals surface area contributed by atoms with Crippen molar-refractivity contribution in [2.75, 3.05) is 33.3 Å². The van der Waals surface area contributed by atoms with Crippen molar-refractivity contribution in [1.29, 1.82) is 0 Å². The predicted molar refractivity (Wildman–Crippen MR) is 107 cm³/mol. The van der Waals surface area contributed by atoms with Crippen LogP contribution in [0.5, 0.6) is 0 Å². The van der Waals surface area contributed by atoms with Crippen LogP contribution in [0.25, 0.3) is 0 Å². The number of benzene rings is 1. The fourth-order valence-electron chi connectivity index (χ4n) is 3.44. The Morgan fingerprint density at radius 3 is 2.59 bits per heavy atom. The van der Waals surface area contributed by atoms with E-state index in [-0.39, 0.29) is 17.5 Å². The van der Waals surface area contributed by atoms with Crippen molar-refractivity contribution in [1.82, 2.24) is 15.2 Å². The molecular formula is C22H26FN3O3. The molecule has 1 aromatic heterocycles. The van der Waals surface area contributed by atoms with Crippen LogP contribution in [0.2, 0.25) is 0 Å². The number of aromatic nitrogens is 1. The molecule has 2 aromatic rings. The van der Waals surface area contributed by atoms with Crippen LogP contribution in [-0.4, -0.2) is 54.9 Å². The van der Waals surface area contributed by atoms with Crippen LogP contribution >= 0.6 is 0 Å². The fraction of sp³-hybridized carbons (Fsp3) is 0.409. The number of hydrogen-bond donors (Lipinski definition) is 1. The maximum Gasteiger partial charge on any atom is 0.269 e. The first-order valence-corrected chi connectivity index (χ1v) is 9.79. The van der Waals surface area contributed by atoms with Crippen LogP contribution < -0.4 is 5.32 Å². The zero-order chi connectivity index (χ0) is 20.6. The molecule has 0 bridgehead atoms. The van der Waals surface area contributed by atoms with E-state index in [4.69, 9.17) is 4.74 Å². The Labute approximate surface area is 170 Å². The minimum atomic E-state index is -0.343. The van der Waals surface area contributed by atoms with Crippen LogP contribution in [0.1, 0.15) is 39.4 Å². The molecule has 0 aliphatic carbocycles. The minimum Gasteiger partial charge on any atom is -0.378 e. The van der Waals surface area contributed by atoms with Gasteiger partial charge in [-0.2, -0.15) is 0 Å². The molecule has 0 unspecified atom stereocenters. The van der Waals surface area contributed by atoms with Crippen LogP contribution in [0.3, 0.4) is 0 Å². The van der Waals surface area contributed by atoms with E-state index < -0.39 is 0 Å². The van der Waals surface area contributed by atoms with Crippen molar-refractivity contribution >= 4 is 11.7 Å². The lowest BCUT2D eigenvalue weighted by Crippen LogP contribution is -2.40. The molecule has 0 saturated carbocycles. The Morgan fingerprint density at radius 2 is 1.90 bits per heavy atom. The number of piperidine rings is 1. The van der Waals surface area contributed by atoms with Gasteiger partial charge in [-0.1, -0.05) is 6.07 Å². The Bertz CT molecular complexity index is 833. The topological polar surface area (TPSA) is 71.5 Å². The van der Waals surface area contributed by atoms with E-state index >= 15 is 0 Å². The molecule has 1 aliphatic rings. The summed E-state index contributed by atoms with van der Waals surface area (Å²) >= 11 is 0. The van der Waals surface area contributed by atoms with Gasteiger partial charge in [0.2, 0.25) is 0 Å². The standard InChI is InChI=1S/C22H26FN3O3/c1-29-15-19-3-2-4-20(25-19)22(28)24-13-16-9-11-26(12-10-16)14-21(27)17-5-7-18(23)8-6-17/h2-8,16H,9-15H2,1H3,(H,24,28). The number of methoxy groups -OCH3 is 1. The van der Waals surface area contributed by atoms with Gasteiger partial charge >= 0.3 is 0 Å². The molecule has 7 heteroatoms. The number of nitrogens with one attached hydrogen (secondary N) is 1. The SMILES string of the molecule is COCc1cccc(C(=O)NCC2CCN(CC(=O)c3ccc(F)cc3)CC2)n1. The number of ether oxygens (including phenoxy) is 1. The molecular weight excluding hydrogens is 373 g/mol. The van der Waals surface area contributed by atoms with E-state index in [1.807, 2.05) is 6.07 Å². The number of hydrogen-bond acceptors (Lipinski definition) is 5. The number of halogens is 1. The summed E-state index contributed by atoms with van der Waals surface area (Å²) in [5.74, 6) is -0.154. The van der Waals surface area contributed by atoms with E-state index in [2.05, 4.69) is 15.2 Å². The van der Waals surface area contributed by atoms with Crippen LogP contribution in [0.15, 0.2) is 42.5 Å². The zero-order valence-corrected chi connectivity index (χ0v) is 16.6. The second-order valence-electron chi connectivity index (χ2n) is 7.31. The predicted octanol–water partition coefficient (Wildman–Crippen LogP) is 2.69.